The molecule has 3 aromatic carbocycles. The summed E-state index contributed by atoms with van der Waals surface area (Å²) in [6.45, 7) is 1.24. The minimum Gasteiger partial charge on any atom is -0.497 e. The molecule has 5 atom stereocenters. The normalized spacial score (nSPS) is 22.9. The van der Waals surface area contributed by atoms with Crippen LogP contribution < -0.4 is 4.74 Å². The molecule has 0 spiro atoms. The molecule has 0 amide bonds. The fourth-order valence-electron chi connectivity index (χ4n) is 4.34. The molecule has 200 valence electrons. The van der Waals surface area contributed by atoms with Gasteiger partial charge in [0.15, 0.2) is 6.29 Å². The fraction of sp³-hybridized carbons (Fsp3) is 0.379. The number of hydrogen-bond acceptors (Lipinski definition) is 7. The van der Waals surface area contributed by atoms with Crippen molar-refractivity contribution in [2.45, 2.75) is 50.5 Å². The molecule has 1 saturated heterocycles. The SMILES string of the molecule is COc1ccc(CO[C@@H]2C(COCc3ccccc3)O[C@H](OC)C(N=[N+]=[N-])[C@@H]2OCc2ccccc2)cc1. The molecule has 38 heavy (non-hydrogen) atoms. The molecule has 0 bridgehead atoms. The summed E-state index contributed by atoms with van der Waals surface area (Å²) in [5.74, 6) is 0.761. The van der Waals surface area contributed by atoms with Crippen LogP contribution in [0, 0.1) is 0 Å². The Kier molecular flexibility index (Phi) is 10.5. The summed E-state index contributed by atoms with van der Waals surface area (Å²) in [6.07, 6.45) is -2.60. The zero-order valence-corrected chi connectivity index (χ0v) is 21.6. The van der Waals surface area contributed by atoms with E-state index in [1.807, 2.05) is 84.9 Å². The van der Waals surface area contributed by atoms with Crippen LogP contribution in [-0.2, 0) is 43.5 Å². The second kappa shape index (κ2) is 14.5. The van der Waals surface area contributed by atoms with Gasteiger partial charge in [0.25, 0.3) is 0 Å². The first kappa shape index (κ1) is 27.6. The van der Waals surface area contributed by atoms with E-state index in [4.69, 9.17) is 28.4 Å². The van der Waals surface area contributed by atoms with E-state index in [0.29, 0.717) is 19.8 Å². The number of nitrogens with zero attached hydrogens (tertiary/aromatic N) is 3. The number of benzene rings is 3. The predicted octanol–water partition coefficient (Wildman–Crippen LogP) is 5.43. The molecule has 3 aromatic rings. The molecule has 0 radical (unpaired) electrons. The number of rotatable bonds is 13. The molecule has 4 rings (SSSR count). The quantitative estimate of drug-likeness (QED) is 0.169. The maximum Gasteiger partial charge on any atom is 0.168 e. The van der Waals surface area contributed by atoms with E-state index >= 15 is 0 Å². The first-order valence-corrected chi connectivity index (χ1v) is 12.5. The van der Waals surface area contributed by atoms with Crippen LogP contribution in [0.5, 0.6) is 5.75 Å². The van der Waals surface area contributed by atoms with Crippen LogP contribution in [0.1, 0.15) is 16.7 Å². The average Bonchev–Trinajstić information content (AvgIpc) is 2.97. The Morgan fingerprint density at radius 3 is 1.92 bits per heavy atom. The van der Waals surface area contributed by atoms with Gasteiger partial charge >= 0.3 is 0 Å². The minimum absolute atomic E-state index is 0.232. The Hall–Kier alpha value is -3.43. The summed E-state index contributed by atoms with van der Waals surface area (Å²) < 4.78 is 35.9. The molecule has 1 fully saturated rings. The van der Waals surface area contributed by atoms with Crippen molar-refractivity contribution in [3.05, 3.63) is 112 Å². The van der Waals surface area contributed by atoms with E-state index in [0.717, 1.165) is 22.4 Å². The van der Waals surface area contributed by atoms with Crippen molar-refractivity contribution < 1.29 is 28.4 Å². The van der Waals surface area contributed by atoms with Crippen LogP contribution >= 0.6 is 0 Å². The molecular weight excluding hydrogens is 486 g/mol. The lowest BCUT2D eigenvalue weighted by molar-refractivity contribution is -0.280. The van der Waals surface area contributed by atoms with Crippen molar-refractivity contribution in [2.24, 2.45) is 5.11 Å². The lowest BCUT2D eigenvalue weighted by Gasteiger charge is -2.44. The van der Waals surface area contributed by atoms with E-state index in [9.17, 15) is 5.53 Å². The summed E-state index contributed by atoms with van der Waals surface area (Å²) in [5, 5.41) is 3.99. The van der Waals surface area contributed by atoms with Gasteiger partial charge in [0.1, 0.15) is 30.1 Å². The van der Waals surface area contributed by atoms with E-state index in [1.54, 1.807) is 7.11 Å². The Morgan fingerprint density at radius 2 is 1.34 bits per heavy atom. The van der Waals surface area contributed by atoms with Gasteiger partial charge in [0.05, 0.1) is 33.5 Å². The zero-order valence-electron chi connectivity index (χ0n) is 21.6. The van der Waals surface area contributed by atoms with Crippen LogP contribution in [-0.4, -0.2) is 51.5 Å². The van der Waals surface area contributed by atoms with Gasteiger partial charge in [-0.25, -0.2) is 0 Å². The molecule has 1 aliphatic heterocycles. The second-order valence-corrected chi connectivity index (χ2v) is 8.86. The topological polar surface area (TPSA) is 104 Å². The molecule has 9 heteroatoms. The predicted molar refractivity (Wildman–Crippen MR) is 141 cm³/mol. The van der Waals surface area contributed by atoms with Crippen molar-refractivity contribution in [2.75, 3.05) is 20.8 Å². The monoisotopic (exact) mass is 519 g/mol. The van der Waals surface area contributed by atoms with Crippen LogP contribution in [0.15, 0.2) is 90.0 Å². The summed E-state index contributed by atoms with van der Waals surface area (Å²) >= 11 is 0. The molecule has 0 saturated carbocycles. The van der Waals surface area contributed by atoms with Gasteiger partial charge in [-0.05, 0) is 34.4 Å². The molecule has 2 unspecified atom stereocenters. The zero-order chi connectivity index (χ0) is 26.6. The van der Waals surface area contributed by atoms with Gasteiger partial charge < -0.3 is 28.4 Å². The second-order valence-electron chi connectivity index (χ2n) is 8.86. The van der Waals surface area contributed by atoms with Crippen molar-refractivity contribution >= 4 is 0 Å². The van der Waals surface area contributed by atoms with Crippen LogP contribution in [0.4, 0.5) is 0 Å². The Labute approximate surface area is 222 Å². The summed E-state index contributed by atoms with van der Waals surface area (Å²) in [4.78, 5) is 3.05. The molecule has 1 aliphatic rings. The van der Waals surface area contributed by atoms with E-state index < -0.39 is 30.6 Å². The molecule has 9 nitrogen and oxygen atoms in total. The van der Waals surface area contributed by atoms with Gasteiger partial charge in [-0.2, -0.15) is 0 Å². The highest BCUT2D eigenvalue weighted by atomic mass is 16.7. The van der Waals surface area contributed by atoms with E-state index in [1.165, 1.54) is 7.11 Å². The van der Waals surface area contributed by atoms with Gasteiger partial charge in [-0.15, -0.1) is 0 Å². The first-order valence-electron chi connectivity index (χ1n) is 12.5. The smallest absolute Gasteiger partial charge is 0.168 e. The van der Waals surface area contributed by atoms with Gasteiger partial charge in [-0.1, -0.05) is 77.9 Å². The number of hydrogen-bond donors (Lipinski definition) is 0. The van der Waals surface area contributed by atoms with Gasteiger partial charge in [0.2, 0.25) is 0 Å². The minimum atomic E-state index is -0.821. The van der Waals surface area contributed by atoms with Crippen LogP contribution in [0.25, 0.3) is 10.4 Å². The van der Waals surface area contributed by atoms with Gasteiger partial charge in [-0.3, -0.25) is 0 Å². The molecular formula is C29H33N3O6. The third kappa shape index (κ3) is 7.55. The standard InChI is InChI=1S/C29H33N3O6/c1-33-24-15-13-23(14-16-24)19-36-27-25(20-35-17-21-9-5-3-6-10-21)38-29(34-2)26(31-32-30)28(27)37-18-22-11-7-4-8-12-22/h3-16,25-29H,17-20H2,1-2H3/t25?,26?,27-,28+,29+/m1/s1. The highest BCUT2D eigenvalue weighted by Gasteiger charge is 2.47. The Bertz CT molecular complexity index is 1140. The summed E-state index contributed by atoms with van der Waals surface area (Å²) in [7, 11) is 3.14. The largest absolute Gasteiger partial charge is 0.497 e. The van der Waals surface area contributed by atoms with Gasteiger partial charge in [0, 0.05) is 12.0 Å². The Balaban J connectivity index is 1.55. The number of methoxy groups -OCH3 is 2. The molecule has 0 aliphatic carbocycles. The van der Waals surface area contributed by atoms with Crippen LogP contribution in [0.3, 0.4) is 0 Å². The first-order chi connectivity index (χ1) is 18.7. The lowest BCUT2D eigenvalue weighted by Crippen LogP contribution is -2.60. The average molecular weight is 520 g/mol. The van der Waals surface area contributed by atoms with Crippen LogP contribution in [0.2, 0.25) is 0 Å². The highest BCUT2D eigenvalue weighted by molar-refractivity contribution is 5.26. The molecule has 1 heterocycles. The van der Waals surface area contributed by atoms with E-state index in [2.05, 4.69) is 10.0 Å². The number of azide groups is 1. The van der Waals surface area contributed by atoms with Crippen molar-refractivity contribution in [1.29, 1.82) is 0 Å². The third-order valence-corrected chi connectivity index (χ3v) is 6.31. The maximum atomic E-state index is 9.33. The molecule has 0 N–H and O–H groups in total. The third-order valence-electron chi connectivity index (χ3n) is 6.31. The lowest BCUT2D eigenvalue weighted by atomic mass is 9.96. The van der Waals surface area contributed by atoms with Crippen molar-refractivity contribution in [3.8, 4) is 5.75 Å². The number of ether oxygens (including phenoxy) is 6. The highest BCUT2D eigenvalue weighted by Crippen LogP contribution is 2.31. The van der Waals surface area contributed by atoms with Crippen molar-refractivity contribution in [1.82, 2.24) is 0 Å². The van der Waals surface area contributed by atoms with E-state index in [-0.39, 0.29) is 6.61 Å². The molecule has 0 aromatic heterocycles. The summed E-state index contributed by atoms with van der Waals surface area (Å²) in [5.41, 5.74) is 12.3. The summed E-state index contributed by atoms with van der Waals surface area (Å²) in [6, 6.07) is 26.6. The fourth-order valence-corrected chi connectivity index (χ4v) is 4.34. The van der Waals surface area contributed by atoms with Crippen molar-refractivity contribution in [3.63, 3.8) is 0 Å². The maximum absolute atomic E-state index is 9.33. The Morgan fingerprint density at radius 1 is 0.763 bits per heavy atom.